The third kappa shape index (κ3) is 4.35. The Balaban J connectivity index is 1.53. The third-order valence-electron chi connectivity index (χ3n) is 4.12. The summed E-state index contributed by atoms with van der Waals surface area (Å²) in [6.45, 7) is 1.48. The van der Waals surface area contributed by atoms with Crippen molar-refractivity contribution in [1.29, 1.82) is 0 Å². The number of ether oxygens (including phenoxy) is 1. The van der Waals surface area contributed by atoms with E-state index in [9.17, 15) is 14.4 Å². The van der Waals surface area contributed by atoms with Gasteiger partial charge in [-0.25, -0.2) is 0 Å². The average molecular weight is 385 g/mol. The number of carbonyl (C=O) groups is 3. The topological polar surface area (TPSA) is 114 Å². The molecule has 140 valence electrons. The van der Waals surface area contributed by atoms with Crippen LogP contribution < -0.4 is 11.1 Å². The molecule has 7 nitrogen and oxygen atoms in total. The molecule has 27 heavy (non-hydrogen) atoms. The quantitative estimate of drug-likeness (QED) is 0.543. The highest BCUT2D eigenvalue weighted by Crippen LogP contribution is 2.23. The predicted molar refractivity (Wildman–Crippen MR) is 104 cm³/mol. The first-order chi connectivity index (χ1) is 13.0. The number of H-pyrrole nitrogens is 1. The number of aryl methyl sites for hydroxylation is 1. The number of nitrogens with two attached hydrogens (primary N) is 1. The predicted octanol–water partition coefficient (Wildman–Crippen LogP) is 2.83. The SMILES string of the molecule is CC(OC(=O)CCc1c[nH]c2ccccc12)C(=O)Nc1sccc1C(N)=O. The third-order valence-corrected chi connectivity index (χ3v) is 4.95. The van der Waals surface area contributed by atoms with Crippen LogP contribution in [0.1, 0.15) is 29.3 Å². The van der Waals surface area contributed by atoms with Crippen LogP contribution in [-0.2, 0) is 20.7 Å². The number of esters is 1. The first-order valence-electron chi connectivity index (χ1n) is 8.38. The Labute approximate surface area is 159 Å². The number of anilines is 1. The molecule has 0 bridgehead atoms. The summed E-state index contributed by atoms with van der Waals surface area (Å²) < 4.78 is 5.20. The summed E-state index contributed by atoms with van der Waals surface area (Å²) in [5.41, 5.74) is 7.50. The molecule has 0 radical (unpaired) electrons. The van der Waals surface area contributed by atoms with Crippen molar-refractivity contribution in [2.75, 3.05) is 5.32 Å². The molecule has 1 unspecified atom stereocenters. The average Bonchev–Trinajstić information content (AvgIpc) is 3.26. The van der Waals surface area contributed by atoms with Gasteiger partial charge >= 0.3 is 5.97 Å². The van der Waals surface area contributed by atoms with Crippen molar-refractivity contribution in [2.24, 2.45) is 5.73 Å². The highest BCUT2D eigenvalue weighted by Gasteiger charge is 2.20. The van der Waals surface area contributed by atoms with E-state index in [4.69, 9.17) is 10.5 Å². The number of amides is 2. The lowest BCUT2D eigenvalue weighted by Crippen LogP contribution is -2.30. The number of fused-ring (bicyclic) bond motifs is 1. The molecule has 1 atom stereocenters. The van der Waals surface area contributed by atoms with Gasteiger partial charge in [0.25, 0.3) is 11.8 Å². The van der Waals surface area contributed by atoms with Crippen molar-refractivity contribution >= 4 is 45.0 Å². The van der Waals surface area contributed by atoms with Gasteiger partial charge in [-0.15, -0.1) is 11.3 Å². The summed E-state index contributed by atoms with van der Waals surface area (Å²) in [6, 6.07) is 9.36. The number of thiophene rings is 1. The number of hydrogen-bond donors (Lipinski definition) is 3. The van der Waals surface area contributed by atoms with Crippen molar-refractivity contribution in [3.05, 3.63) is 53.0 Å². The van der Waals surface area contributed by atoms with Gasteiger partial charge < -0.3 is 20.8 Å². The molecule has 0 aliphatic heterocycles. The molecule has 0 saturated carbocycles. The molecule has 1 aromatic carbocycles. The monoisotopic (exact) mass is 385 g/mol. The van der Waals surface area contributed by atoms with Crippen LogP contribution in [-0.4, -0.2) is 28.9 Å². The van der Waals surface area contributed by atoms with Gasteiger partial charge in [-0.05, 0) is 36.4 Å². The largest absolute Gasteiger partial charge is 0.453 e. The summed E-state index contributed by atoms with van der Waals surface area (Å²) >= 11 is 1.18. The summed E-state index contributed by atoms with van der Waals surface area (Å²) in [4.78, 5) is 38.7. The number of carbonyl (C=O) groups excluding carboxylic acids is 3. The molecule has 2 heterocycles. The molecule has 2 aromatic heterocycles. The van der Waals surface area contributed by atoms with Gasteiger partial charge in [-0.3, -0.25) is 14.4 Å². The van der Waals surface area contributed by atoms with E-state index in [1.54, 1.807) is 5.38 Å². The zero-order valence-electron chi connectivity index (χ0n) is 14.7. The van der Waals surface area contributed by atoms with E-state index in [0.717, 1.165) is 16.5 Å². The fourth-order valence-corrected chi connectivity index (χ4v) is 3.49. The van der Waals surface area contributed by atoms with E-state index < -0.39 is 23.9 Å². The van der Waals surface area contributed by atoms with Crippen molar-refractivity contribution in [3.63, 3.8) is 0 Å². The number of benzene rings is 1. The number of rotatable bonds is 7. The Morgan fingerprint density at radius 1 is 1.26 bits per heavy atom. The molecular weight excluding hydrogens is 366 g/mol. The number of nitrogens with one attached hydrogen (secondary N) is 2. The minimum absolute atomic E-state index is 0.158. The van der Waals surface area contributed by atoms with Gasteiger partial charge in [0, 0.05) is 23.5 Å². The second kappa shape index (κ2) is 8.05. The zero-order valence-corrected chi connectivity index (χ0v) is 15.5. The van der Waals surface area contributed by atoms with E-state index in [2.05, 4.69) is 10.3 Å². The Bertz CT molecular complexity index is 992. The zero-order chi connectivity index (χ0) is 19.4. The van der Waals surface area contributed by atoms with Gasteiger partial charge in [0.05, 0.1) is 5.56 Å². The van der Waals surface area contributed by atoms with Crippen LogP contribution in [0.3, 0.4) is 0 Å². The van der Waals surface area contributed by atoms with Gasteiger partial charge in [0.1, 0.15) is 5.00 Å². The molecule has 3 aromatic rings. The summed E-state index contributed by atoms with van der Waals surface area (Å²) in [5.74, 6) is -1.61. The van der Waals surface area contributed by atoms with Crippen LogP contribution >= 0.6 is 11.3 Å². The van der Waals surface area contributed by atoms with Crippen LogP contribution in [0.4, 0.5) is 5.00 Å². The molecule has 0 saturated heterocycles. The lowest BCUT2D eigenvalue weighted by Gasteiger charge is -2.13. The smallest absolute Gasteiger partial charge is 0.306 e. The van der Waals surface area contributed by atoms with Crippen LogP contribution in [0, 0.1) is 0 Å². The van der Waals surface area contributed by atoms with Gasteiger partial charge in [0.2, 0.25) is 0 Å². The normalized spacial score (nSPS) is 11.9. The Morgan fingerprint density at radius 2 is 2.04 bits per heavy atom. The Morgan fingerprint density at radius 3 is 2.81 bits per heavy atom. The van der Waals surface area contributed by atoms with E-state index in [0.29, 0.717) is 11.4 Å². The molecule has 0 spiro atoms. The standard InChI is InChI=1S/C19H19N3O4S/c1-11(18(25)22-19-14(17(20)24)8-9-27-19)26-16(23)7-6-12-10-21-15-5-3-2-4-13(12)15/h2-5,8-11,21H,6-7H2,1H3,(H2,20,24)(H,22,25). The molecule has 3 rings (SSSR count). The number of primary amides is 1. The lowest BCUT2D eigenvalue weighted by molar-refractivity contribution is -0.153. The van der Waals surface area contributed by atoms with Gasteiger partial charge in [-0.1, -0.05) is 18.2 Å². The van der Waals surface area contributed by atoms with Crippen molar-refractivity contribution < 1.29 is 19.1 Å². The maximum Gasteiger partial charge on any atom is 0.306 e. The maximum atomic E-state index is 12.2. The summed E-state index contributed by atoms with van der Waals surface area (Å²) in [5, 5.41) is 5.62. The van der Waals surface area contributed by atoms with E-state index in [1.807, 2.05) is 30.5 Å². The number of para-hydroxylation sites is 1. The second-order valence-corrected chi connectivity index (χ2v) is 6.92. The molecule has 0 fully saturated rings. The first kappa shape index (κ1) is 18.7. The van der Waals surface area contributed by atoms with Gasteiger partial charge in [-0.2, -0.15) is 0 Å². The summed E-state index contributed by atoms with van der Waals surface area (Å²) in [7, 11) is 0. The van der Waals surface area contributed by atoms with E-state index in [-0.39, 0.29) is 12.0 Å². The Kier molecular flexibility index (Phi) is 5.56. The highest BCUT2D eigenvalue weighted by molar-refractivity contribution is 7.14. The molecular formula is C19H19N3O4S. The number of aromatic amines is 1. The van der Waals surface area contributed by atoms with Crippen molar-refractivity contribution in [1.82, 2.24) is 4.98 Å². The number of hydrogen-bond acceptors (Lipinski definition) is 5. The van der Waals surface area contributed by atoms with E-state index >= 15 is 0 Å². The Hall–Kier alpha value is -3.13. The fraction of sp³-hybridized carbons (Fsp3) is 0.211. The van der Waals surface area contributed by atoms with E-state index in [1.165, 1.54) is 24.3 Å². The van der Waals surface area contributed by atoms with Crippen LogP contribution in [0.15, 0.2) is 41.9 Å². The van der Waals surface area contributed by atoms with Crippen LogP contribution in [0.25, 0.3) is 10.9 Å². The fourth-order valence-electron chi connectivity index (χ4n) is 2.70. The van der Waals surface area contributed by atoms with Gasteiger partial charge in [0.15, 0.2) is 6.10 Å². The molecule has 4 N–H and O–H groups in total. The second-order valence-electron chi connectivity index (χ2n) is 6.01. The maximum absolute atomic E-state index is 12.2. The van der Waals surface area contributed by atoms with Crippen molar-refractivity contribution in [2.45, 2.75) is 25.9 Å². The van der Waals surface area contributed by atoms with Crippen molar-refractivity contribution in [3.8, 4) is 0 Å². The minimum Gasteiger partial charge on any atom is -0.453 e. The molecule has 2 amide bonds. The van der Waals surface area contributed by atoms with Crippen LogP contribution in [0.5, 0.6) is 0 Å². The lowest BCUT2D eigenvalue weighted by atomic mass is 10.1. The molecule has 0 aliphatic rings. The molecule has 8 heteroatoms. The van der Waals surface area contributed by atoms with Crippen LogP contribution in [0.2, 0.25) is 0 Å². The summed E-state index contributed by atoms with van der Waals surface area (Å²) in [6.07, 6.45) is 1.55. The minimum atomic E-state index is -0.983. The molecule has 0 aliphatic carbocycles. The first-order valence-corrected chi connectivity index (χ1v) is 9.26. The number of aromatic nitrogens is 1. The highest BCUT2D eigenvalue weighted by atomic mass is 32.1.